The minimum absolute atomic E-state index is 0.0729. The van der Waals surface area contributed by atoms with Crippen molar-refractivity contribution in [1.29, 1.82) is 0 Å². The third-order valence-electron chi connectivity index (χ3n) is 3.18. The number of hydrazone groups is 1. The van der Waals surface area contributed by atoms with Crippen LogP contribution in [0.5, 0.6) is 0 Å². The van der Waals surface area contributed by atoms with Gasteiger partial charge in [-0.25, -0.2) is 5.43 Å². The molecular weight excluding hydrogens is 320 g/mol. The van der Waals surface area contributed by atoms with Gasteiger partial charge in [0.2, 0.25) is 0 Å². The second-order valence-electron chi connectivity index (χ2n) is 5.86. The number of halogens is 1. The highest BCUT2D eigenvalue weighted by atomic mass is 79.9. The number of hydrogen-bond acceptors (Lipinski definition) is 3. The van der Waals surface area contributed by atoms with Gasteiger partial charge >= 0.3 is 0 Å². The summed E-state index contributed by atoms with van der Waals surface area (Å²) in [5.74, 6) is -0.0845. The average molecular weight is 337 g/mol. The standard InChI is InChI=1S/C15H17BrN2O2/c1-15(2)8-12(7-13(19)9-15)17-18-14(20)10-3-5-11(16)6-4-10/h3-6H,7-9H2,1-2H3,(H,18,20)/b17-12-. The Labute approximate surface area is 126 Å². The normalized spacial score (nSPS) is 19.9. The maximum Gasteiger partial charge on any atom is 0.271 e. The molecule has 2 rings (SSSR count). The van der Waals surface area contributed by atoms with Gasteiger partial charge in [0.25, 0.3) is 5.91 Å². The number of nitrogens with one attached hydrogen (secondary N) is 1. The molecule has 5 heteroatoms. The van der Waals surface area contributed by atoms with E-state index in [9.17, 15) is 9.59 Å². The van der Waals surface area contributed by atoms with Crippen molar-refractivity contribution in [2.75, 3.05) is 0 Å². The van der Waals surface area contributed by atoms with E-state index in [2.05, 4.69) is 26.5 Å². The number of carbonyl (C=O) groups is 2. The van der Waals surface area contributed by atoms with Gasteiger partial charge in [0.05, 0.1) is 0 Å². The van der Waals surface area contributed by atoms with E-state index in [0.717, 1.165) is 16.6 Å². The SMILES string of the molecule is CC1(C)CC(=O)C/C(=N/NC(=O)c2ccc(Br)cc2)C1. The van der Waals surface area contributed by atoms with Crippen LogP contribution >= 0.6 is 15.9 Å². The molecule has 1 saturated carbocycles. The van der Waals surface area contributed by atoms with Crippen molar-refractivity contribution in [2.24, 2.45) is 10.5 Å². The van der Waals surface area contributed by atoms with Crippen molar-refractivity contribution < 1.29 is 9.59 Å². The minimum atomic E-state index is -0.263. The molecule has 1 amide bonds. The first-order valence-electron chi connectivity index (χ1n) is 6.49. The molecule has 1 N–H and O–H groups in total. The molecule has 0 radical (unpaired) electrons. The Kier molecular flexibility index (Phi) is 4.38. The number of nitrogens with zero attached hydrogens (tertiary/aromatic N) is 1. The first-order chi connectivity index (χ1) is 9.35. The zero-order valence-corrected chi connectivity index (χ0v) is 13.2. The molecule has 20 heavy (non-hydrogen) atoms. The van der Waals surface area contributed by atoms with Crippen LogP contribution in [0.1, 0.15) is 43.5 Å². The van der Waals surface area contributed by atoms with Gasteiger partial charge in [-0.2, -0.15) is 5.10 Å². The first-order valence-corrected chi connectivity index (χ1v) is 7.28. The fraction of sp³-hybridized carbons (Fsp3) is 0.400. The minimum Gasteiger partial charge on any atom is -0.299 e. The Bertz CT molecular complexity index is 562. The number of amides is 1. The summed E-state index contributed by atoms with van der Waals surface area (Å²) in [7, 11) is 0. The summed E-state index contributed by atoms with van der Waals surface area (Å²) in [6, 6.07) is 7.04. The van der Waals surface area contributed by atoms with E-state index < -0.39 is 0 Å². The highest BCUT2D eigenvalue weighted by Crippen LogP contribution is 2.31. The third kappa shape index (κ3) is 4.00. The smallest absolute Gasteiger partial charge is 0.271 e. The number of Topliss-reactive ketones (excluding diaryl/α,β-unsaturated/α-hetero) is 1. The second-order valence-corrected chi connectivity index (χ2v) is 6.77. The molecule has 0 spiro atoms. The zero-order valence-electron chi connectivity index (χ0n) is 11.6. The molecule has 4 nitrogen and oxygen atoms in total. The van der Waals surface area contributed by atoms with Gasteiger partial charge in [-0.05, 0) is 36.1 Å². The lowest BCUT2D eigenvalue weighted by atomic mass is 9.76. The number of hydrogen-bond donors (Lipinski definition) is 1. The lowest BCUT2D eigenvalue weighted by Gasteiger charge is -2.28. The highest BCUT2D eigenvalue weighted by molar-refractivity contribution is 9.10. The fourth-order valence-corrected chi connectivity index (χ4v) is 2.64. The second kappa shape index (κ2) is 5.87. The topological polar surface area (TPSA) is 58.5 Å². The van der Waals surface area contributed by atoms with E-state index >= 15 is 0 Å². The molecule has 1 aromatic rings. The van der Waals surface area contributed by atoms with E-state index in [1.54, 1.807) is 24.3 Å². The van der Waals surface area contributed by atoms with Gasteiger partial charge in [-0.3, -0.25) is 9.59 Å². The molecular formula is C15H17BrN2O2. The lowest BCUT2D eigenvalue weighted by Crippen LogP contribution is -2.31. The molecule has 0 heterocycles. The summed E-state index contributed by atoms with van der Waals surface area (Å²) >= 11 is 3.32. The summed E-state index contributed by atoms with van der Waals surface area (Å²) in [6.07, 6.45) is 1.65. The van der Waals surface area contributed by atoms with Crippen LogP contribution in [0.15, 0.2) is 33.8 Å². The van der Waals surface area contributed by atoms with Crippen LogP contribution in [0.4, 0.5) is 0 Å². The summed E-state index contributed by atoms with van der Waals surface area (Å²) in [5, 5.41) is 4.11. The van der Waals surface area contributed by atoms with Crippen molar-refractivity contribution in [2.45, 2.75) is 33.1 Å². The van der Waals surface area contributed by atoms with E-state index in [1.807, 2.05) is 13.8 Å². The molecule has 1 fully saturated rings. The van der Waals surface area contributed by atoms with Crippen LogP contribution < -0.4 is 5.43 Å². The summed E-state index contributed by atoms with van der Waals surface area (Å²) in [6.45, 7) is 4.08. The fourth-order valence-electron chi connectivity index (χ4n) is 2.38. The number of rotatable bonds is 2. The van der Waals surface area contributed by atoms with E-state index in [1.165, 1.54) is 0 Å². The monoisotopic (exact) mass is 336 g/mol. The number of benzene rings is 1. The largest absolute Gasteiger partial charge is 0.299 e. The summed E-state index contributed by atoms with van der Waals surface area (Å²) < 4.78 is 0.917. The van der Waals surface area contributed by atoms with Crippen molar-refractivity contribution in [3.63, 3.8) is 0 Å². The quantitative estimate of drug-likeness (QED) is 0.842. The van der Waals surface area contributed by atoms with Crippen LogP contribution in [0, 0.1) is 5.41 Å². The Balaban J connectivity index is 2.03. The number of ketones is 1. The van der Waals surface area contributed by atoms with Gasteiger partial charge < -0.3 is 0 Å². The molecule has 1 aromatic carbocycles. The molecule has 1 aliphatic rings. The molecule has 0 aliphatic heterocycles. The lowest BCUT2D eigenvalue weighted by molar-refractivity contribution is -0.120. The van der Waals surface area contributed by atoms with Crippen molar-refractivity contribution in [3.05, 3.63) is 34.3 Å². The summed E-state index contributed by atoms with van der Waals surface area (Å²) in [4.78, 5) is 23.6. The molecule has 106 valence electrons. The molecule has 0 unspecified atom stereocenters. The van der Waals surface area contributed by atoms with Gasteiger partial charge in [0, 0.05) is 28.6 Å². The van der Waals surface area contributed by atoms with Gasteiger partial charge in [0.15, 0.2) is 0 Å². The maximum absolute atomic E-state index is 11.9. The van der Waals surface area contributed by atoms with Crippen molar-refractivity contribution in [1.82, 2.24) is 5.43 Å². The average Bonchev–Trinajstić information content (AvgIpc) is 2.34. The molecule has 0 saturated heterocycles. The predicted octanol–water partition coefficient (Wildman–Crippen LogP) is 3.31. The first kappa shape index (κ1) is 14.9. The van der Waals surface area contributed by atoms with Gasteiger partial charge in [0.1, 0.15) is 5.78 Å². The Morgan fingerprint density at radius 2 is 1.90 bits per heavy atom. The molecule has 0 aromatic heterocycles. The summed E-state index contributed by atoms with van der Waals surface area (Å²) in [5.41, 5.74) is 3.74. The van der Waals surface area contributed by atoms with Crippen molar-refractivity contribution >= 4 is 33.3 Å². The molecule has 0 bridgehead atoms. The Morgan fingerprint density at radius 1 is 1.25 bits per heavy atom. The number of carbonyl (C=O) groups excluding carboxylic acids is 2. The Morgan fingerprint density at radius 3 is 2.50 bits per heavy atom. The molecule has 1 aliphatic carbocycles. The third-order valence-corrected chi connectivity index (χ3v) is 3.71. The molecule has 0 atom stereocenters. The van der Waals surface area contributed by atoms with Gasteiger partial charge in [-0.15, -0.1) is 0 Å². The maximum atomic E-state index is 11.9. The van der Waals surface area contributed by atoms with E-state index in [0.29, 0.717) is 18.4 Å². The van der Waals surface area contributed by atoms with Crippen LogP contribution in [0.3, 0.4) is 0 Å². The van der Waals surface area contributed by atoms with Crippen LogP contribution in [0.25, 0.3) is 0 Å². The van der Waals surface area contributed by atoms with Crippen LogP contribution in [-0.4, -0.2) is 17.4 Å². The zero-order chi connectivity index (χ0) is 14.8. The van der Waals surface area contributed by atoms with Crippen LogP contribution in [0.2, 0.25) is 0 Å². The highest BCUT2D eigenvalue weighted by Gasteiger charge is 2.30. The Hall–Kier alpha value is -1.49. The van der Waals surface area contributed by atoms with Gasteiger partial charge in [-0.1, -0.05) is 29.8 Å². The van der Waals surface area contributed by atoms with Crippen LogP contribution in [-0.2, 0) is 4.79 Å². The van der Waals surface area contributed by atoms with E-state index in [4.69, 9.17) is 0 Å². The van der Waals surface area contributed by atoms with E-state index in [-0.39, 0.29) is 17.1 Å². The predicted molar refractivity (Wildman–Crippen MR) is 81.7 cm³/mol. The van der Waals surface area contributed by atoms with Crippen molar-refractivity contribution in [3.8, 4) is 0 Å².